The Hall–Kier alpha value is -2.37. The zero-order valence-electron chi connectivity index (χ0n) is 13.4. The molecule has 0 saturated carbocycles. The normalized spacial score (nSPS) is 13.5. The summed E-state index contributed by atoms with van der Waals surface area (Å²) in [6.07, 6.45) is 0.486. The van der Waals surface area contributed by atoms with E-state index >= 15 is 0 Å². The highest BCUT2D eigenvalue weighted by Gasteiger charge is 2.20. The average molecular weight is 345 g/mol. The molecule has 0 aliphatic carbocycles. The first kappa shape index (κ1) is 16.5. The van der Waals surface area contributed by atoms with Gasteiger partial charge in [-0.1, -0.05) is 23.7 Å². The molecule has 0 radical (unpaired) electrons. The number of hydrogen-bond donors (Lipinski definition) is 1. The molecular weight excluding hydrogens is 328 g/mol. The third kappa shape index (κ3) is 3.13. The van der Waals surface area contributed by atoms with Crippen molar-refractivity contribution in [3.8, 4) is 11.5 Å². The van der Waals surface area contributed by atoms with Gasteiger partial charge in [0.05, 0.1) is 26.5 Å². The second-order valence-corrected chi connectivity index (χ2v) is 5.76. The highest BCUT2D eigenvalue weighted by molar-refractivity contribution is 6.31. The van der Waals surface area contributed by atoms with Crippen LogP contribution in [-0.4, -0.2) is 37.4 Å². The number of aliphatic hydroxyl groups is 1. The monoisotopic (exact) mass is 344 g/mol. The average Bonchev–Trinajstić information content (AvgIpc) is 2.79. The van der Waals surface area contributed by atoms with Crippen molar-refractivity contribution < 1.29 is 14.6 Å². The Balaban J connectivity index is 2.22. The highest BCUT2D eigenvalue weighted by Crippen LogP contribution is 2.33. The lowest BCUT2D eigenvalue weighted by atomic mass is 9.94. The fourth-order valence-corrected chi connectivity index (χ4v) is 2.84. The number of benzene rings is 2. The first-order valence-corrected chi connectivity index (χ1v) is 7.79. The molecule has 0 aromatic heterocycles. The second-order valence-electron chi connectivity index (χ2n) is 5.32. The zero-order chi connectivity index (χ0) is 17.1. The van der Waals surface area contributed by atoms with E-state index < -0.39 is 0 Å². The molecule has 6 heteroatoms. The molecule has 1 heterocycles. The number of methoxy groups -OCH3 is 2. The molecule has 2 aromatic rings. The maximum atomic E-state index is 9.49. The van der Waals surface area contributed by atoms with E-state index in [9.17, 15) is 5.11 Å². The smallest absolute Gasteiger partial charge is 0.161 e. The van der Waals surface area contributed by atoms with Gasteiger partial charge in [0.1, 0.15) is 5.71 Å². The summed E-state index contributed by atoms with van der Waals surface area (Å²) in [6.45, 7) is -0.153. The van der Waals surface area contributed by atoms with Crippen molar-refractivity contribution >= 4 is 23.0 Å². The van der Waals surface area contributed by atoms with Crippen LogP contribution in [0.1, 0.15) is 16.7 Å². The Morgan fingerprint density at radius 2 is 1.83 bits per heavy atom. The molecule has 1 aliphatic heterocycles. The molecule has 0 unspecified atom stereocenters. The Labute approximate surface area is 145 Å². The number of ether oxygens (including phenoxy) is 2. The standard InChI is InChI=1S/C18H17ClN2O3/c1-23-16-8-12-7-14(10-22)20-21-18(15(12)9-17(16)24-2)11-4-3-5-13(19)6-11/h3-6,8-9,22H,7,10H2,1-2H3. The van der Waals surface area contributed by atoms with Crippen molar-refractivity contribution in [3.63, 3.8) is 0 Å². The summed E-state index contributed by atoms with van der Waals surface area (Å²) in [5.41, 5.74) is 3.94. The lowest BCUT2D eigenvalue weighted by Gasteiger charge is -2.15. The topological polar surface area (TPSA) is 63.4 Å². The van der Waals surface area contributed by atoms with Gasteiger partial charge in [-0.2, -0.15) is 5.10 Å². The van der Waals surface area contributed by atoms with Gasteiger partial charge in [-0.3, -0.25) is 0 Å². The second kappa shape index (κ2) is 7.03. The van der Waals surface area contributed by atoms with E-state index in [1.807, 2.05) is 30.3 Å². The predicted octanol–water partition coefficient (Wildman–Crippen LogP) is 3.10. The molecule has 0 saturated heterocycles. The van der Waals surface area contributed by atoms with Crippen LogP contribution in [0.15, 0.2) is 46.6 Å². The highest BCUT2D eigenvalue weighted by atomic mass is 35.5. The van der Waals surface area contributed by atoms with E-state index in [0.717, 1.165) is 16.7 Å². The van der Waals surface area contributed by atoms with Crippen LogP contribution in [0.25, 0.3) is 0 Å². The minimum absolute atomic E-state index is 0.153. The summed E-state index contributed by atoms with van der Waals surface area (Å²) < 4.78 is 10.8. The summed E-state index contributed by atoms with van der Waals surface area (Å²) in [5, 5.41) is 18.6. The van der Waals surface area contributed by atoms with Gasteiger partial charge < -0.3 is 14.6 Å². The van der Waals surface area contributed by atoms with Gasteiger partial charge in [-0.05, 0) is 29.8 Å². The first-order valence-electron chi connectivity index (χ1n) is 7.41. The molecule has 5 nitrogen and oxygen atoms in total. The zero-order valence-corrected chi connectivity index (χ0v) is 14.2. The molecule has 0 bridgehead atoms. The van der Waals surface area contributed by atoms with Crippen LogP contribution in [0.4, 0.5) is 0 Å². The summed E-state index contributed by atoms with van der Waals surface area (Å²) in [4.78, 5) is 0. The van der Waals surface area contributed by atoms with E-state index in [-0.39, 0.29) is 6.61 Å². The maximum Gasteiger partial charge on any atom is 0.161 e. The van der Waals surface area contributed by atoms with E-state index in [4.69, 9.17) is 21.1 Å². The van der Waals surface area contributed by atoms with E-state index in [2.05, 4.69) is 10.2 Å². The molecule has 1 N–H and O–H groups in total. The first-order chi connectivity index (χ1) is 11.7. The molecule has 124 valence electrons. The van der Waals surface area contributed by atoms with Crippen molar-refractivity contribution in [2.24, 2.45) is 10.2 Å². The molecule has 1 aliphatic rings. The minimum Gasteiger partial charge on any atom is -0.493 e. The number of rotatable bonds is 4. The molecule has 0 spiro atoms. The Kier molecular flexibility index (Phi) is 4.83. The molecule has 24 heavy (non-hydrogen) atoms. The van der Waals surface area contributed by atoms with Crippen molar-refractivity contribution in [2.75, 3.05) is 20.8 Å². The fraction of sp³-hybridized carbons (Fsp3) is 0.222. The van der Waals surface area contributed by atoms with Crippen molar-refractivity contribution in [1.82, 2.24) is 0 Å². The van der Waals surface area contributed by atoms with Gasteiger partial charge in [0.25, 0.3) is 0 Å². The van der Waals surface area contributed by atoms with Crippen LogP contribution in [0.2, 0.25) is 5.02 Å². The Morgan fingerprint density at radius 1 is 1.08 bits per heavy atom. The van der Waals surface area contributed by atoms with Crippen LogP contribution in [0.5, 0.6) is 11.5 Å². The molecule has 0 amide bonds. The summed E-state index contributed by atoms with van der Waals surface area (Å²) >= 11 is 6.12. The van der Waals surface area contributed by atoms with Crippen molar-refractivity contribution in [3.05, 3.63) is 58.1 Å². The van der Waals surface area contributed by atoms with Crippen LogP contribution in [0, 0.1) is 0 Å². The Bertz CT molecular complexity index is 831. The van der Waals surface area contributed by atoms with E-state index in [1.165, 1.54) is 0 Å². The number of nitrogens with zero attached hydrogens (tertiary/aromatic N) is 2. The molecular formula is C18H17ClN2O3. The van der Waals surface area contributed by atoms with Crippen molar-refractivity contribution in [1.29, 1.82) is 0 Å². The van der Waals surface area contributed by atoms with Crippen molar-refractivity contribution in [2.45, 2.75) is 6.42 Å². The minimum atomic E-state index is -0.153. The van der Waals surface area contributed by atoms with Crippen LogP contribution < -0.4 is 9.47 Å². The van der Waals surface area contributed by atoms with Crippen LogP contribution >= 0.6 is 11.6 Å². The fourth-order valence-electron chi connectivity index (χ4n) is 2.65. The largest absolute Gasteiger partial charge is 0.493 e. The van der Waals surface area contributed by atoms with Gasteiger partial charge in [0.15, 0.2) is 11.5 Å². The van der Waals surface area contributed by atoms with E-state index in [1.54, 1.807) is 20.3 Å². The number of hydrogen-bond acceptors (Lipinski definition) is 5. The summed E-state index contributed by atoms with van der Waals surface area (Å²) in [6, 6.07) is 11.2. The predicted molar refractivity (Wildman–Crippen MR) is 94.9 cm³/mol. The van der Waals surface area contributed by atoms with Gasteiger partial charge in [0.2, 0.25) is 0 Å². The Morgan fingerprint density at radius 3 is 2.50 bits per heavy atom. The van der Waals surface area contributed by atoms with Gasteiger partial charge in [-0.15, -0.1) is 5.10 Å². The summed E-state index contributed by atoms with van der Waals surface area (Å²) in [5.74, 6) is 1.24. The lowest BCUT2D eigenvalue weighted by molar-refractivity contribution is 0.353. The van der Waals surface area contributed by atoms with Gasteiger partial charge in [0, 0.05) is 22.6 Å². The number of halogens is 1. The quantitative estimate of drug-likeness (QED) is 0.927. The van der Waals surface area contributed by atoms with Gasteiger partial charge in [-0.25, -0.2) is 0 Å². The number of fused-ring (bicyclic) bond motifs is 1. The number of aliphatic hydroxyl groups excluding tert-OH is 1. The van der Waals surface area contributed by atoms with Crippen LogP contribution in [0.3, 0.4) is 0 Å². The SMILES string of the molecule is COc1cc2c(cc1OC)C(c1cccc(Cl)c1)=NN=C(CO)C2. The van der Waals surface area contributed by atoms with Gasteiger partial charge >= 0.3 is 0 Å². The summed E-state index contributed by atoms with van der Waals surface area (Å²) in [7, 11) is 3.18. The van der Waals surface area contributed by atoms with E-state index in [0.29, 0.717) is 34.4 Å². The maximum absolute atomic E-state index is 9.49. The molecule has 3 rings (SSSR count). The van der Waals surface area contributed by atoms with Crippen LogP contribution in [-0.2, 0) is 6.42 Å². The molecule has 2 aromatic carbocycles. The lowest BCUT2D eigenvalue weighted by Crippen LogP contribution is -2.10. The third-order valence-corrected chi connectivity index (χ3v) is 4.07. The molecule has 0 fully saturated rings. The third-order valence-electron chi connectivity index (χ3n) is 3.83. The molecule has 0 atom stereocenters.